The number of benzene rings is 1. The van der Waals surface area contributed by atoms with E-state index in [9.17, 15) is 47.5 Å². The highest BCUT2D eigenvalue weighted by Crippen LogP contribution is 2.61. The topological polar surface area (TPSA) is 522 Å². The molecule has 100 heavy (non-hydrogen) atoms. The van der Waals surface area contributed by atoms with Gasteiger partial charge in [-0.3, -0.25) is 51.2 Å². The van der Waals surface area contributed by atoms with Crippen molar-refractivity contribution < 1.29 is 93.7 Å². The Morgan fingerprint density at radius 2 is 1.39 bits per heavy atom. The zero-order valence-electron chi connectivity index (χ0n) is 54.3. The second kappa shape index (κ2) is 33.2. The molecular formula is C56H75FN20O19P2S2. The predicted molar refractivity (Wildman–Crippen MR) is 352 cm³/mol. The molecule has 8 heterocycles. The number of hydrogen-bond acceptors (Lipinski definition) is 29. The lowest BCUT2D eigenvalue weighted by molar-refractivity contribution is -0.132. The van der Waals surface area contributed by atoms with E-state index in [2.05, 4.69) is 96.6 Å². The van der Waals surface area contributed by atoms with Crippen LogP contribution in [0.2, 0.25) is 0 Å². The lowest BCUT2D eigenvalue weighted by Gasteiger charge is -2.29. The van der Waals surface area contributed by atoms with E-state index >= 15 is 4.39 Å². The van der Waals surface area contributed by atoms with Gasteiger partial charge in [-0.25, -0.2) is 62.5 Å². The molecule has 3 aliphatic rings. The number of halogens is 1. The summed E-state index contributed by atoms with van der Waals surface area (Å²) in [5, 5.41) is 23.8. The van der Waals surface area contributed by atoms with Crippen molar-refractivity contribution in [2.75, 3.05) is 56.2 Å². The van der Waals surface area contributed by atoms with E-state index in [0.717, 1.165) is 12.7 Å². The maximum absolute atomic E-state index is 16.5. The molecule has 3 fully saturated rings. The number of aromatic nitrogens is 11. The molecule has 9 rings (SSSR count). The quantitative estimate of drug-likeness (QED) is 0.0153. The first-order valence-electron chi connectivity index (χ1n) is 31.0. The third kappa shape index (κ3) is 20.3. The number of fused-ring (bicyclic) bond motifs is 4. The number of rotatable bonds is 27. The number of ketones is 1. The summed E-state index contributed by atoms with van der Waals surface area (Å²) in [6, 6.07) is 3.12. The van der Waals surface area contributed by atoms with Crippen molar-refractivity contribution in [1.29, 1.82) is 0 Å². The molecule has 44 heteroatoms. The highest BCUT2D eigenvalue weighted by atomic mass is 32.7. The van der Waals surface area contributed by atoms with Crippen LogP contribution in [0, 0.1) is 11.3 Å². The first kappa shape index (κ1) is 75.5. The summed E-state index contributed by atoms with van der Waals surface area (Å²) in [6.07, 6.45) is -8.50. The number of amides is 7. The Kier molecular flexibility index (Phi) is 25.0. The molecule has 12 atom stereocenters. The number of primary amides is 1. The van der Waals surface area contributed by atoms with Gasteiger partial charge in [0.05, 0.1) is 31.6 Å². The summed E-state index contributed by atoms with van der Waals surface area (Å²) >= 11 is 8.35. The maximum Gasteiger partial charge on any atom is 0.508 e. The van der Waals surface area contributed by atoms with Crippen LogP contribution < -0.4 is 49.1 Å². The Morgan fingerprint density at radius 1 is 0.770 bits per heavy atom. The van der Waals surface area contributed by atoms with Gasteiger partial charge in [0.25, 0.3) is 0 Å². The highest BCUT2D eigenvalue weighted by Gasteiger charge is 2.56. The number of ether oxygens (including phenoxy) is 5. The fraction of sp³-hybridized carbons (Fsp3) is 0.536. The number of urea groups is 1. The van der Waals surface area contributed by atoms with Crippen LogP contribution in [0.15, 0.2) is 55.8 Å². The molecule has 12 N–H and O–H groups in total. The fourth-order valence-corrected chi connectivity index (χ4v) is 13.3. The number of carbonyl (C=O) groups excluding carboxylic acids is 8. The van der Waals surface area contributed by atoms with Crippen molar-refractivity contribution in [3.8, 4) is 0 Å². The summed E-state index contributed by atoms with van der Waals surface area (Å²) < 4.78 is 101. The van der Waals surface area contributed by atoms with E-state index in [1.807, 2.05) is 0 Å². The number of alkyl halides is 1. The smallest absolute Gasteiger partial charge is 0.445 e. The van der Waals surface area contributed by atoms with Gasteiger partial charge in [0.2, 0.25) is 23.6 Å². The largest absolute Gasteiger partial charge is 0.508 e. The number of nitrogen functional groups attached to an aromatic ring is 2. The molecule has 7 amide bonds. The average molecular weight is 1480 g/mol. The zero-order chi connectivity index (χ0) is 72.2. The van der Waals surface area contributed by atoms with Crippen molar-refractivity contribution in [1.82, 2.24) is 80.6 Å². The van der Waals surface area contributed by atoms with Crippen molar-refractivity contribution >= 4 is 125 Å². The number of nitrogens with one attached hydrogen (secondary N) is 6. The van der Waals surface area contributed by atoms with Gasteiger partial charge in [-0.15, -0.1) is 5.10 Å². The Hall–Kier alpha value is -8.73. The zero-order valence-corrected chi connectivity index (χ0v) is 57.9. The minimum atomic E-state index is -4.66. The second-order valence-corrected chi connectivity index (χ2v) is 30.1. The van der Waals surface area contributed by atoms with E-state index in [1.54, 1.807) is 39.8 Å². The van der Waals surface area contributed by atoms with E-state index in [1.165, 1.54) is 51.7 Å². The Balaban J connectivity index is 0.773. The molecule has 6 aromatic rings. The van der Waals surface area contributed by atoms with E-state index in [0.29, 0.717) is 16.9 Å². The standard InChI is InChI=1S/C56H75FN20O19P2S2/c1-28(2)39(72-37(80)18-75-17-32(73-74-75)12-13-36(79)61-16-14-29(3)78)50(82)71-33(7-6-15-62-53(60)83)49(81)70-31-10-8-30(9-11-31)19-88-54(84)63-22-56(4,5)23-89-55(85)94-44-43-35(93-52(44)77-27-69-41-46(59)65-25-67-48(41)77)21-91-97(86,99)95-42-34(20-90-98(87,100)96-43)92-51(38(42)57)76-26-68-40-45(58)64-24-66-47(40)76/h8-11,17,24-28,33-35,38-39,42-44,51-52H,6-7,12-16,18-23H2,1-5H3,(H,61,79)(H,63,84)(H,70,81)(H,71,82)(H,72,80)(H,86,99)(H,87,100)(H2,58,64,66)(H2,59,65,67)(H3,60,62,83)/t33-,34+,35?,38+,39-,42+,43+,44+,51+,52+,97+,98+/m0/s1. The number of nitrogens with zero attached hydrogens (tertiary/aromatic N) is 11. The number of nitrogens with two attached hydrogens (primary N) is 3. The minimum absolute atomic E-state index is 0.00376. The molecule has 39 nitrogen and oxygen atoms in total. The summed E-state index contributed by atoms with van der Waals surface area (Å²) in [7, 11) is 0. The van der Waals surface area contributed by atoms with Crippen LogP contribution in [0.25, 0.3) is 22.3 Å². The van der Waals surface area contributed by atoms with Gasteiger partial charge in [0.15, 0.2) is 47.7 Å². The number of alkyl carbamates (subject to hydrolysis) is 1. The van der Waals surface area contributed by atoms with Crippen LogP contribution in [-0.4, -0.2) is 190 Å². The van der Waals surface area contributed by atoms with E-state index in [-0.39, 0.29) is 111 Å². The van der Waals surface area contributed by atoms with Gasteiger partial charge >= 0.3 is 31.9 Å². The molecule has 0 saturated carbocycles. The fourth-order valence-electron chi connectivity index (χ4n) is 10.4. The number of Topliss-reactive ketones (excluding diaryl/α,β-unsaturated/α-hetero) is 1. The predicted octanol–water partition coefficient (Wildman–Crippen LogP) is 2.66. The molecule has 542 valence electrons. The van der Waals surface area contributed by atoms with Gasteiger partial charge in [0, 0.05) is 56.2 Å². The molecule has 3 saturated heterocycles. The first-order chi connectivity index (χ1) is 47.4. The Labute approximate surface area is 578 Å². The number of thiol groups is 2. The molecule has 0 spiro atoms. The summed E-state index contributed by atoms with van der Waals surface area (Å²) in [4.78, 5) is 127. The molecular weight excluding hydrogens is 1400 g/mol. The van der Waals surface area contributed by atoms with Crippen LogP contribution in [-0.2, 0) is 94.5 Å². The van der Waals surface area contributed by atoms with Crippen molar-refractivity contribution in [3.63, 3.8) is 0 Å². The lowest BCUT2D eigenvalue weighted by Crippen LogP contribution is -2.55. The second-order valence-electron chi connectivity index (χ2n) is 24.3. The van der Waals surface area contributed by atoms with E-state index in [4.69, 9.17) is 59.0 Å². The molecule has 3 aliphatic heterocycles. The normalized spacial score (nSPS) is 23.7. The summed E-state index contributed by atoms with van der Waals surface area (Å²) in [5.41, 5.74) is 17.9. The van der Waals surface area contributed by atoms with Crippen LogP contribution in [0.4, 0.5) is 36.1 Å². The number of anilines is 3. The Bertz CT molecular complexity index is 4060. The van der Waals surface area contributed by atoms with Gasteiger partial charge in [0.1, 0.15) is 85.7 Å². The monoisotopic (exact) mass is 1480 g/mol. The SMILES string of the molecule is CC(=O)CCNC(=O)CCc1cn(CC(=O)N[C@H](C(=O)N[C@@H](CCCNC(N)=O)C(=O)Nc2ccc(COC(=O)NCC(C)(C)COC(=O)O[C@@H]3[C@@H]4O[P@](=O)(S)OC[C@H]5O[C@@H](n6cnc7c(N)ncnc76)[C@H](F)[C@@H]5O[P@](=O)(S)OCC4O[C@H]3n3cnc4c(N)ncnc43)cc2)C(C)C)nn1. The number of imidazole rings is 2. The van der Waals surface area contributed by atoms with Crippen LogP contribution in [0.5, 0.6) is 0 Å². The minimum Gasteiger partial charge on any atom is -0.445 e. The van der Waals surface area contributed by atoms with Crippen LogP contribution in [0.3, 0.4) is 0 Å². The molecule has 0 bridgehead atoms. The van der Waals surface area contributed by atoms with Gasteiger partial charge in [-0.05, 0) is 43.4 Å². The van der Waals surface area contributed by atoms with Crippen molar-refractivity contribution in [3.05, 3.63) is 67.0 Å². The summed E-state index contributed by atoms with van der Waals surface area (Å²) in [5.74, 6) is -2.74. The average Bonchev–Trinajstić information content (AvgIpc) is 1.61. The molecule has 0 radical (unpaired) electrons. The van der Waals surface area contributed by atoms with Crippen LogP contribution in [0.1, 0.15) is 84.0 Å². The van der Waals surface area contributed by atoms with Gasteiger partial charge < -0.3 is 72.8 Å². The third-order valence-electron chi connectivity index (χ3n) is 15.5. The third-order valence-corrected chi connectivity index (χ3v) is 18.7. The maximum atomic E-state index is 16.5. The first-order valence-corrected chi connectivity index (χ1v) is 36.4. The van der Waals surface area contributed by atoms with E-state index < -0.39 is 142 Å². The number of carbonyl (C=O) groups is 8. The molecule has 5 aromatic heterocycles. The lowest BCUT2D eigenvalue weighted by atomic mass is 9.95. The van der Waals surface area contributed by atoms with Gasteiger partial charge in [-0.1, -0.05) is 69.5 Å². The summed E-state index contributed by atoms with van der Waals surface area (Å²) in [6.45, 7) is -3.50. The number of aryl methyl sites for hydroxylation is 1. The molecule has 1 unspecified atom stereocenters. The molecule has 0 aliphatic carbocycles. The van der Waals surface area contributed by atoms with Crippen molar-refractivity contribution in [2.24, 2.45) is 17.1 Å². The van der Waals surface area contributed by atoms with Crippen LogP contribution >= 0.6 is 38.1 Å². The highest BCUT2D eigenvalue weighted by molar-refractivity contribution is 8.44. The molecule has 1 aromatic carbocycles. The number of hydrogen-bond donors (Lipinski definition) is 11. The Morgan fingerprint density at radius 3 is 2.02 bits per heavy atom. The van der Waals surface area contributed by atoms with Crippen molar-refractivity contribution in [2.45, 2.75) is 141 Å². The van der Waals surface area contributed by atoms with Gasteiger partial charge in [-0.2, -0.15) is 0 Å².